The van der Waals surface area contributed by atoms with E-state index >= 15 is 0 Å². The molecule has 0 fully saturated rings. The fourth-order valence-electron chi connectivity index (χ4n) is 2.27. The van der Waals surface area contributed by atoms with Gasteiger partial charge in [-0.2, -0.15) is 0 Å². The molecular weight excluding hydrogens is 318 g/mol. The van der Waals surface area contributed by atoms with E-state index in [9.17, 15) is 15.0 Å². The van der Waals surface area contributed by atoms with Crippen LogP contribution in [-0.4, -0.2) is 28.5 Å². The van der Waals surface area contributed by atoms with Crippen LogP contribution in [0.3, 0.4) is 0 Å². The summed E-state index contributed by atoms with van der Waals surface area (Å²) in [4.78, 5) is 12.2. The summed E-state index contributed by atoms with van der Waals surface area (Å²) in [6, 6.07) is 1.00. The monoisotopic (exact) mass is 335 g/mol. The number of aromatic hydroxyl groups is 2. The lowest BCUT2D eigenvalue weighted by Gasteiger charge is -2.14. The number of allylic oxidation sites excluding steroid dienone is 3. The second-order valence-electron chi connectivity index (χ2n) is 5.16. The largest absolute Gasteiger partial charge is 0.507 e. The van der Waals surface area contributed by atoms with Gasteiger partial charge in [0.2, 0.25) is 0 Å². The summed E-state index contributed by atoms with van der Waals surface area (Å²) >= 11 is 6.06. The minimum absolute atomic E-state index is 0.0115. The van der Waals surface area contributed by atoms with Gasteiger partial charge >= 0.3 is 5.97 Å². The molecule has 0 saturated heterocycles. The first-order valence-electron chi connectivity index (χ1n) is 7.30. The molecule has 5 nitrogen and oxygen atoms in total. The van der Waals surface area contributed by atoms with E-state index in [-0.39, 0.29) is 40.6 Å². The number of fused-ring (bicyclic) bond motifs is 1. The first-order valence-corrected chi connectivity index (χ1v) is 7.68. The van der Waals surface area contributed by atoms with Crippen LogP contribution in [0.4, 0.5) is 0 Å². The number of carbonyl (C=O) groups excluding carboxylic acids is 1. The van der Waals surface area contributed by atoms with Crippen molar-refractivity contribution in [3.63, 3.8) is 0 Å². The van der Waals surface area contributed by atoms with Crippen LogP contribution >= 0.6 is 11.6 Å². The Morgan fingerprint density at radius 1 is 1.09 bits per heavy atom. The Morgan fingerprint density at radius 3 is 2.57 bits per heavy atom. The Balaban J connectivity index is 2.45. The Kier molecular flexibility index (Phi) is 5.82. The van der Waals surface area contributed by atoms with Crippen LogP contribution in [-0.2, 0) is 11.2 Å². The highest BCUT2D eigenvalue weighted by Crippen LogP contribution is 2.37. The Labute approximate surface area is 139 Å². The lowest BCUT2D eigenvalue weighted by Crippen LogP contribution is -2.12. The van der Waals surface area contributed by atoms with E-state index in [0.29, 0.717) is 6.42 Å². The van der Waals surface area contributed by atoms with E-state index in [1.807, 2.05) is 18.2 Å². The number of benzene rings is 1. The number of rotatable bonds is 0. The van der Waals surface area contributed by atoms with Crippen LogP contribution in [0.25, 0.3) is 0 Å². The van der Waals surface area contributed by atoms with Crippen molar-refractivity contribution in [3.05, 3.63) is 46.5 Å². The Bertz CT molecular complexity index is 680. The average molecular weight is 336 g/mol. The maximum Gasteiger partial charge on any atom is 0.342 e. The quantitative estimate of drug-likeness (QED) is 0.497. The van der Waals surface area contributed by atoms with E-state index in [1.165, 1.54) is 0 Å². The van der Waals surface area contributed by atoms with Crippen molar-refractivity contribution in [3.8, 4) is 11.5 Å². The molecule has 1 heterocycles. The van der Waals surface area contributed by atoms with Crippen molar-refractivity contribution in [2.45, 2.75) is 25.7 Å². The molecule has 1 aromatic carbocycles. The molecule has 0 amide bonds. The van der Waals surface area contributed by atoms with Gasteiger partial charge in [0.15, 0.2) is 0 Å². The van der Waals surface area contributed by atoms with E-state index in [0.717, 1.165) is 18.9 Å². The summed E-state index contributed by atoms with van der Waals surface area (Å²) in [7, 11) is 0. The zero-order valence-electron chi connectivity index (χ0n) is 12.5. The average Bonchev–Trinajstić information content (AvgIpc) is 2.50. The molecular formula is C17H18ClNO4. The summed E-state index contributed by atoms with van der Waals surface area (Å²) < 4.78 is 5.15. The molecule has 2 rings (SSSR count). The van der Waals surface area contributed by atoms with Crippen molar-refractivity contribution in [1.82, 2.24) is 0 Å². The summed E-state index contributed by atoms with van der Waals surface area (Å²) in [5.41, 5.74) is 0.301. The highest BCUT2D eigenvalue weighted by Gasteiger charge is 2.23. The second kappa shape index (κ2) is 7.83. The number of nitrogens with one attached hydrogen (secondary N) is 1. The molecule has 1 aromatic rings. The fraction of sp³-hybridized carbons (Fsp3) is 0.294. The van der Waals surface area contributed by atoms with E-state index in [1.54, 1.807) is 6.08 Å². The minimum atomic E-state index is -0.721. The van der Waals surface area contributed by atoms with Gasteiger partial charge in [-0.25, -0.2) is 4.79 Å². The lowest BCUT2D eigenvalue weighted by atomic mass is 9.99. The first kappa shape index (κ1) is 17.1. The van der Waals surface area contributed by atoms with Gasteiger partial charge in [-0.05, 0) is 30.9 Å². The van der Waals surface area contributed by atoms with Crippen LogP contribution < -0.4 is 0 Å². The zero-order valence-corrected chi connectivity index (χ0v) is 13.3. The number of hydrogen-bond acceptors (Lipinski definition) is 5. The molecule has 0 bridgehead atoms. The predicted octanol–water partition coefficient (Wildman–Crippen LogP) is 3.77. The van der Waals surface area contributed by atoms with Gasteiger partial charge in [0, 0.05) is 18.2 Å². The first-order chi connectivity index (χ1) is 11.0. The molecule has 0 aromatic heterocycles. The van der Waals surface area contributed by atoms with E-state index in [4.69, 9.17) is 21.7 Å². The highest BCUT2D eigenvalue weighted by atomic mass is 35.5. The van der Waals surface area contributed by atoms with Gasteiger partial charge in [0.1, 0.15) is 17.1 Å². The molecule has 0 saturated carbocycles. The third-order valence-corrected chi connectivity index (χ3v) is 3.82. The van der Waals surface area contributed by atoms with Gasteiger partial charge in [-0.15, -0.1) is 0 Å². The molecule has 0 radical (unpaired) electrons. The van der Waals surface area contributed by atoms with Crippen LogP contribution in [0.1, 0.15) is 35.2 Å². The second-order valence-corrected chi connectivity index (χ2v) is 5.54. The van der Waals surface area contributed by atoms with E-state index < -0.39 is 11.7 Å². The van der Waals surface area contributed by atoms with Crippen LogP contribution in [0.2, 0.25) is 5.02 Å². The van der Waals surface area contributed by atoms with Gasteiger partial charge in [0.25, 0.3) is 0 Å². The topological polar surface area (TPSA) is 90.6 Å². The molecule has 0 spiro atoms. The van der Waals surface area contributed by atoms with Crippen molar-refractivity contribution in [2.24, 2.45) is 0 Å². The summed E-state index contributed by atoms with van der Waals surface area (Å²) in [5, 5.41) is 27.7. The normalized spacial score (nSPS) is 19.3. The van der Waals surface area contributed by atoms with E-state index in [2.05, 4.69) is 0 Å². The number of phenols is 2. The van der Waals surface area contributed by atoms with Crippen LogP contribution in [0, 0.1) is 5.41 Å². The predicted molar refractivity (Wildman–Crippen MR) is 88.6 cm³/mol. The number of ether oxygens (including phenoxy) is 1. The molecule has 3 N–H and O–H groups in total. The minimum Gasteiger partial charge on any atom is -0.507 e. The van der Waals surface area contributed by atoms with Gasteiger partial charge in [-0.1, -0.05) is 29.8 Å². The molecule has 6 heteroatoms. The van der Waals surface area contributed by atoms with Gasteiger partial charge in [0.05, 0.1) is 11.6 Å². The number of cyclic esters (lactones) is 1. The molecule has 1 aliphatic heterocycles. The maximum atomic E-state index is 12.2. The van der Waals surface area contributed by atoms with Crippen molar-refractivity contribution in [2.75, 3.05) is 6.61 Å². The third kappa shape index (κ3) is 4.36. The molecule has 0 atom stereocenters. The van der Waals surface area contributed by atoms with Crippen molar-refractivity contribution in [1.29, 1.82) is 5.41 Å². The molecule has 0 aliphatic carbocycles. The lowest BCUT2D eigenvalue weighted by molar-refractivity contribution is 0.0507. The Morgan fingerprint density at radius 2 is 1.78 bits per heavy atom. The zero-order chi connectivity index (χ0) is 16.8. The number of carbonyl (C=O) groups is 1. The SMILES string of the molecule is N=C1/C=C/CC/C=C\CCOC(=O)c2c(O)cc(O)c(Cl)c2C1. The summed E-state index contributed by atoms with van der Waals surface area (Å²) in [5.74, 6) is -1.47. The number of hydrogen-bond donors (Lipinski definition) is 3. The number of halogens is 1. The highest BCUT2D eigenvalue weighted by molar-refractivity contribution is 6.33. The maximum absolute atomic E-state index is 12.2. The fourth-order valence-corrected chi connectivity index (χ4v) is 2.49. The molecule has 1 aliphatic rings. The van der Waals surface area contributed by atoms with Gasteiger partial charge < -0.3 is 20.4 Å². The van der Waals surface area contributed by atoms with Crippen molar-refractivity contribution >= 4 is 23.3 Å². The van der Waals surface area contributed by atoms with Crippen LogP contribution in [0.5, 0.6) is 11.5 Å². The summed E-state index contributed by atoms with van der Waals surface area (Å²) in [6.45, 7) is 0.181. The third-order valence-electron chi connectivity index (χ3n) is 3.40. The van der Waals surface area contributed by atoms with Crippen LogP contribution in [0.15, 0.2) is 30.4 Å². The van der Waals surface area contributed by atoms with Crippen molar-refractivity contribution < 1.29 is 19.7 Å². The number of esters is 1. The number of phenolic OH excluding ortho intramolecular Hbond substituents is 2. The molecule has 23 heavy (non-hydrogen) atoms. The molecule has 122 valence electrons. The summed E-state index contributed by atoms with van der Waals surface area (Å²) in [6.07, 6.45) is 9.64. The molecule has 0 unspecified atom stereocenters. The van der Waals surface area contributed by atoms with Gasteiger partial charge in [-0.3, -0.25) is 0 Å². The Hall–Kier alpha value is -2.27. The standard InChI is InChI=1S/C17H18ClNO4/c18-16-12-9-11(19)7-5-3-1-2-4-6-8-23-17(22)15(12)13(20)10-14(16)21/h2,4-5,7,10,19-21H,1,3,6,8-9H2/b4-2-,7-5+,19-11?. The smallest absolute Gasteiger partial charge is 0.342 e.